The predicted molar refractivity (Wildman–Crippen MR) is 122 cm³/mol. The minimum atomic E-state index is -3.31. The molecule has 3 aliphatic rings. The van der Waals surface area contributed by atoms with E-state index in [2.05, 4.69) is 10.6 Å². The third-order valence-electron chi connectivity index (χ3n) is 7.51. The number of carbonyl (C=O) groups excluding carboxylic acids is 2. The summed E-state index contributed by atoms with van der Waals surface area (Å²) in [5.41, 5.74) is 3.64. The van der Waals surface area contributed by atoms with Crippen molar-refractivity contribution in [3.63, 3.8) is 0 Å². The molecule has 2 aromatic rings. The van der Waals surface area contributed by atoms with Gasteiger partial charge in [-0.25, -0.2) is 13.6 Å². The van der Waals surface area contributed by atoms with Gasteiger partial charge in [0.1, 0.15) is 12.5 Å². The number of ether oxygens (including phenoxy) is 1. The van der Waals surface area contributed by atoms with Gasteiger partial charge < -0.3 is 20.5 Å². The van der Waals surface area contributed by atoms with Crippen LogP contribution >= 0.6 is 0 Å². The molecule has 5 rings (SSSR count). The molecule has 0 radical (unpaired) electrons. The first-order valence-electron chi connectivity index (χ1n) is 11.7. The van der Waals surface area contributed by atoms with Gasteiger partial charge in [0.05, 0.1) is 11.5 Å². The van der Waals surface area contributed by atoms with Crippen LogP contribution in [-0.4, -0.2) is 47.7 Å². The van der Waals surface area contributed by atoms with E-state index >= 15 is 0 Å². The summed E-state index contributed by atoms with van der Waals surface area (Å²) in [6, 6.07) is 16.0. The van der Waals surface area contributed by atoms with E-state index in [-0.39, 0.29) is 18.9 Å². The number of aliphatic carboxylic acids is 1. The maximum Gasteiger partial charge on any atom is 0.407 e. The highest BCUT2D eigenvalue weighted by Crippen LogP contribution is 2.55. The molecular formula is C26H26F2N2O5. The fourth-order valence-corrected chi connectivity index (χ4v) is 5.37. The van der Waals surface area contributed by atoms with E-state index in [9.17, 15) is 23.2 Å². The van der Waals surface area contributed by atoms with Crippen molar-refractivity contribution >= 4 is 18.0 Å². The number of amides is 2. The summed E-state index contributed by atoms with van der Waals surface area (Å²) in [4.78, 5) is 35.9. The zero-order valence-electron chi connectivity index (χ0n) is 18.9. The molecule has 3 N–H and O–H groups in total. The van der Waals surface area contributed by atoms with Crippen molar-refractivity contribution in [2.75, 3.05) is 13.2 Å². The van der Waals surface area contributed by atoms with E-state index in [1.54, 1.807) is 0 Å². The highest BCUT2D eigenvalue weighted by Gasteiger charge is 2.72. The highest BCUT2D eigenvalue weighted by molar-refractivity contribution is 5.81. The molecule has 2 saturated carbocycles. The molecule has 2 fully saturated rings. The Morgan fingerprint density at radius 2 is 1.60 bits per heavy atom. The smallest absolute Gasteiger partial charge is 0.407 e. The molecule has 0 aromatic heterocycles. The molecule has 2 aromatic carbocycles. The largest absolute Gasteiger partial charge is 0.481 e. The monoisotopic (exact) mass is 484 g/mol. The Labute approximate surface area is 200 Å². The molecule has 0 unspecified atom stereocenters. The van der Waals surface area contributed by atoms with Crippen molar-refractivity contribution in [3.05, 3.63) is 59.7 Å². The second-order valence-corrected chi connectivity index (χ2v) is 9.66. The number of carbonyl (C=O) groups is 3. The molecule has 3 aliphatic carbocycles. The lowest BCUT2D eigenvalue weighted by Crippen LogP contribution is -2.56. The first-order chi connectivity index (χ1) is 16.7. The van der Waals surface area contributed by atoms with Crippen molar-refractivity contribution in [2.45, 2.75) is 43.1 Å². The Balaban J connectivity index is 1.15. The van der Waals surface area contributed by atoms with E-state index in [0.717, 1.165) is 28.7 Å². The number of halogens is 2. The molecule has 2 atom stereocenters. The lowest BCUT2D eigenvalue weighted by molar-refractivity contribution is -0.141. The molecule has 0 saturated heterocycles. The van der Waals surface area contributed by atoms with Crippen LogP contribution in [-0.2, 0) is 14.3 Å². The Hall–Kier alpha value is -3.49. The van der Waals surface area contributed by atoms with Crippen LogP contribution in [0.5, 0.6) is 0 Å². The molecule has 0 bridgehead atoms. The van der Waals surface area contributed by atoms with E-state index in [0.29, 0.717) is 12.8 Å². The third-order valence-corrected chi connectivity index (χ3v) is 7.51. The molecular weight excluding hydrogens is 458 g/mol. The molecule has 7 nitrogen and oxygen atoms in total. The van der Waals surface area contributed by atoms with E-state index < -0.39 is 47.8 Å². The summed E-state index contributed by atoms with van der Waals surface area (Å²) in [5, 5.41) is 14.1. The molecule has 35 heavy (non-hydrogen) atoms. The highest BCUT2D eigenvalue weighted by atomic mass is 19.3. The van der Waals surface area contributed by atoms with Gasteiger partial charge in [0.25, 0.3) is 5.92 Å². The van der Waals surface area contributed by atoms with E-state index in [1.807, 2.05) is 48.5 Å². The van der Waals surface area contributed by atoms with Crippen LogP contribution in [0.3, 0.4) is 0 Å². The number of alkyl carbamates (subject to hydrolysis) is 1. The summed E-state index contributed by atoms with van der Waals surface area (Å²) in [7, 11) is 0. The number of alkyl halides is 2. The summed E-state index contributed by atoms with van der Waals surface area (Å²) in [5.74, 6) is -8.64. The fourth-order valence-electron chi connectivity index (χ4n) is 5.37. The van der Waals surface area contributed by atoms with E-state index in [1.165, 1.54) is 0 Å². The van der Waals surface area contributed by atoms with Crippen molar-refractivity contribution < 1.29 is 33.0 Å². The molecule has 9 heteroatoms. The fraction of sp³-hybridized carbons (Fsp3) is 0.423. The number of benzene rings is 2. The standard InChI is InChI=1S/C26H26F2N2O5/c27-26(28)20(22(26)23(32)33)13-29-21(31)12-25(10-5-11-25)30-24(34)35-14-19-17-8-3-1-6-15(17)16-7-2-4-9-18(16)19/h1-4,6-9,19-20,22H,5,10-14H2,(H,29,31)(H,30,34)(H,32,33)/t20-,22-/m0/s1. The van der Waals surface area contributed by atoms with Crippen LogP contribution in [0.25, 0.3) is 11.1 Å². The van der Waals surface area contributed by atoms with Crippen LogP contribution in [0.1, 0.15) is 42.7 Å². The maximum absolute atomic E-state index is 13.5. The van der Waals surface area contributed by atoms with Crippen LogP contribution in [0.15, 0.2) is 48.5 Å². The summed E-state index contributed by atoms with van der Waals surface area (Å²) >= 11 is 0. The average molecular weight is 484 g/mol. The molecule has 0 aliphatic heterocycles. The molecule has 0 heterocycles. The van der Waals surface area contributed by atoms with Crippen LogP contribution < -0.4 is 10.6 Å². The second kappa shape index (κ2) is 8.62. The first-order valence-corrected chi connectivity index (χ1v) is 11.7. The number of fused-ring (bicyclic) bond motifs is 3. The van der Waals surface area contributed by atoms with Gasteiger partial charge >= 0.3 is 12.1 Å². The van der Waals surface area contributed by atoms with Gasteiger partial charge in [-0.15, -0.1) is 0 Å². The molecule has 0 spiro atoms. The Morgan fingerprint density at radius 3 is 2.11 bits per heavy atom. The topological polar surface area (TPSA) is 105 Å². The quantitative estimate of drug-likeness (QED) is 0.527. The van der Waals surface area contributed by atoms with Gasteiger partial charge in [-0.3, -0.25) is 9.59 Å². The number of nitrogens with one attached hydrogen (secondary N) is 2. The third kappa shape index (κ3) is 4.24. The minimum Gasteiger partial charge on any atom is -0.481 e. The lowest BCUT2D eigenvalue weighted by Gasteiger charge is -2.41. The zero-order chi connectivity index (χ0) is 24.8. The maximum atomic E-state index is 13.5. The average Bonchev–Trinajstić information content (AvgIpc) is 3.22. The Bertz CT molecular complexity index is 1130. The van der Waals surface area contributed by atoms with Crippen molar-refractivity contribution in [2.24, 2.45) is 11.8 Å². The van der Waals surface area contributed by atoms with Crippen molar-refractivity contribution in [1.29, 1.82) is 0 Å². The summed E-state index contributed by atoms with van der Waals surface area (Å²) in [6.07, 6.45) is 1.26. The van der Waals surface area contributed by atoms with Gasteiger partial charge in [0.15, 0.2) is 0 Å². The second-order valence-electron chi connectivity index (χ2n) is 9.66. The molecule has 184 valence electrons. The zero-order valence-corrected chi connectivity index (χ0v) is 18.9. The van der Waals surface area contributed by atoms with Gasteiger partial charge in [-0.1, -0.05) is 48.5 Å². The number of carboxylic acids is 1. The normalized spacial score (nSPS) is 22.8. The minimum absolute atomic E-state index is 0.0762. The van der Waals surface area contributed by atoms with Crippen LogP contribution in [0.2, 0.25) is 0 Å². The van der Waals surface area contributed by atoms with E-state index in [4.69, 9.17) is 9.84 Å². The number of hydrogen-bond donors (Lipinski definition) is 3. The first kappa shape index (κ1) is 23.3. The number of hydrogen-bond acceptors (Lipinski definition) is 4. The Morgan fingerprint density at radius 1 is 1.00 bits per heavy atom. The SMILES string of the molecule is O=C(CC1(NC(=O)OCC2c3ccccc3-c3ccccc32)CCC1)NC[C@H]1[C@@H](C(=O)O)C1(F)F. The van der Waals surface area contributed by atoms with Gasteiger partial charge in [-0.2, -0.15) is 0 Å². The predicted octanol–water partition coefficient (Wildman–Crippen LogP) is 3.92. The van der Waals surface area contributed by atoms with Crippen LogP contribution in [0.4, 0.5) is 13.6 Å². The number of carboxylic acid groups (broad SMARTS) is 1. The lowest BCUT2D eigenvalue weighted by atomic mass is 9.74. The van der Waals surface area contributed by atoms with Crippen LogP contribution in [0, 0.1) is 11.8 Å². The van der Waals surface area contributed by atoms with Crippen molar-refractivity contribution in [1.82, 2.24) is 10.6 Å². The summed E-state index contributed by atoms with van der Waals surface area (Å²) < 4.78 is 32.7. The van der Waals surface area contributed by atoms with Gasteiger partial charge in [0.2, 0.25) is 5.91 Å². The van der Waals surface area contributed by atoms with Crippen molar-refractivity contribution in [3.8, 4) is 11.1 Å². The molecule has 2 amide bonds. The summed E-state index contributed by atoms with van der Waals surface area (Å²) in [6.45, 7) is -0.265. The number of rotatable bonds is 8. The van der Waals surface area contributed by atoms with Gasteiger partial charge in [0, 0.05) is 18.9 Å². The Kier molecular flexibility index (Phi) is 5.73. The van der Waals surface area contributed by atoms with Gasteiger partial charge in [-0.05, 0) is 41.5 Å².